The molecule has 142 valence electrons. The van der Waals surface area contributed by atoms with E-state index in [9.17, 15) is 9.59 Å². The summed E-state index contributed by atoms with van der Waals surface area (Å²) in [6.45, 7) is -0.205. The summed E-state index contributed by atoms with van der Waals surface area (Å²) in [6.07, 6.45) is 0. The molecule has 4 rings (SSSR count). The molecule has 28 heavy (non-hydrogen) atoms. The van der Waals surface area contributed by atoms with Crippen LogP contribution in [0.2, 0.25) is 5.02 Å². The number of methoxy groups -OCH3 is 1. The number of carbonyl (C=O) groups is 1. The van der Waals surface area contributed by atoms with Crippen molar-refractivity contribution in [3.8, 4) is 17.0 Å². The van der Waals surface area contributed by atoms with Gasteiger partial charge in [0.05, 0.1) is 18.3 Å². The van der Waals surface area contributed by atoms with Crippen molar-refractivity contribution >= 4 is 45.1 Å². The highest BCUT2D eigenvalue weighted by Crippen LogP contribution is 2.26. The Morgan fingerprint density at radius 2 is 2.07 bits per heavy atom. The number of ether oxygens (including phenoxy) is 1. The van der Waals surface area contributed by atoms with Crippen molar-refractivity contribution < 1.29 is 13.9 Å². The van der Waals surface area contributed by atoms with Crippen molar-refractivity contribution in [2.75, 3.05) is 12.4 Å². The maximum Gasteiger partial charge on any atom is 0.420 e. The Kier molecular flexibility index (Phi) is 4.89. The summed E-state index contributed by atoms with van der Waals surface area (Å²) in [5.41, 5.74) is 2.48. The lowest BCUT2D eigenvalue weighted by Gasteiger charge is -2.03. The average Bonchev–Trinajstić information content (AvgIpc) is 3.27. The van der Waals surface area contributed by atoms with Gasteiger partial charge in [-0.15, -0.1) is 11.3 Å². The summed E-state index contributed by atoms with van der Waals surface area (Å²) in [4.78, 5) is 28.8. The van der Waals surface area contributed by atoms with Crippen molar-refractivity contribution in [3.05, 3.63) is 63.4 Å². The third kappa shape index (κ3) is 3.64. The Balaban J connectivity index is 1.50. The van der Waals surface area contributed by atoms with Gasteiger partial charge in [0.15, 0.2) is 10.7 Å². The maximum atomic E-state index is 12.4. The summed E-state index contributed by atoms with van der Waals surface area (Å²) in [7, 11) is 1.61. The number of benzene rings is 2. The Morgan fingerprint density at radius 3 is 2.82 bits per heavy atom. The van der Waals surface area contributed by atoms with Crippen LogP contribution in [0.5, 0.6) is 5.75 Å². The van der Waals surface area contributed by atoms with Gasteiger partial charge in [-0.3, -0.25) is 9.36 Å². The quantitative estimate of drug-likeness (QED) is 0.532. The standard InChI is InChI=1S/C19H14ClN3O4S/c1-26-13-5-2-11(3-6-13)14-10-28-18(21-14)22-17(24)9-23-15-8-12(20)4-7-16(15)27-19(23)25/h2-8,10H,9H2,1H3,(H,21,22,24). The van der Waals surface area contributed by atoms with Crippen LogP contribution in [0.4, 0.5) is 5.13 Å². The number of aromatic nitrogens is 2. The molecule has 0 fully saturated rings. The largest absolute Gasteiger partial charge is 0.497 e. The average molecular weight is 416 g/mol. The number of oxazole rings is 1. The molecule has 0 aliphatic heterocycles. The Labute approximate surface area is 168 Å². The van der Waals surface area contributed by atoms with E-state index in [1.807, 2.05) is 29.6 Å². The molecular weight excluding hydrogens is 402 g/mol. The minimum atomic E-state index is -0.620. The molecular formula is C19H14ClN3O4S. The van der Waals surface area contributed by atoms with E-state index in [1.165, 1.54) is 15.9 Å². The highest BCUT2D eigenvalue weighted by atomic mass is 35.5. The van der Waals surface area contributed by atoms with Crippen LogP contribution in [-0.2, 0) is 11.3 Å². The van der Waals surface area contributed by atoms with Crippen molar-refractivity contribution in [2.24, 2.45) is 0 Å². The highest BCUT2D eigenvalue weighted by Gasteiger charge is 2.14. The summed E-state index contributed by atoms with van der Waals surface area (Å²) < 4.78 is 11.5. The van der Waals surface area contributed by atoms with Crippen molar-refractivity contribution in [1.82, 2.24) is 9.55 Å². The lowest BCUT2D eigenvalue weighted by atomic mass is 10.2. The molecule has 0 saturated heterocycles. The third-order valence-corrected chi connectivity index (χ3v) is 5.06. The van der Waals surface area contributed by atoms with Crippen molar-refractivity contribution in [3.63, 3.8) is 0 Å². The molecule has 0 aliphatic rings. The van der Waals surface area contributed by atoms with Gasteiger partial charge in [-0.2, -0.15) is 0 Å². The number of carbonyl (C=O) groups excluding carboxylic acids is 1. The second-order valence-corrected chi connectivity index (χ2v) is 7.18. The van der Waals surface area contributed by atoms with Crippen LogP contribution in [0.25, 0.3) is 22.4 Å². The Hall–Kier alpha value is -3.10. The number of rotatable bonds is 5. The van der Waals surface area contributed by atoms with Gasteiger partial charge in [0.1, 0.15) is 12.3 Å². The molecule has 0 radical (unpaired) electrons. The number of fused-ring (bicyclic) bond motifs is 1. The summed E-state index contributed by atoms with van der Waals surface area (Å²) >= 11 is 7.27. The molecule has 0 spiro atoms. The molecule has 1 amide bonds. The number of anilines is 1. The fourth-order valence-corrected chi connectivity index (χ4v) is 3.62. The van der Waals surface area contributed by atoms with E-state index in [0.717, 1.165) is 17.0 Å². The first-order chi connectivity index (χ1) is 13.5. The highest BCUT2D eigenvalue weighted by molar-refractivity contribution is 7.14. The molecule has 0 unspecified atom stereocenters. The van der Waals surface area contributed by atoms with Gasteiger partial charge < -0.3 is 14.5 Å². The summed E-state index contributed by atoms with van der Waals surface area (Å²) in [5.74, 6) is -0.253. The zero-order valence-electron chi connectivity index (χ0n) is 14.6. The molecule has 4 aromatic rings. The molecule has 9 heteroatoms. The first-order valence-corrected chi connectivity index (χ1v) is 9.48. The van der Waals surface area contributed by atoms with Crippen LogP contribution in [0.3, 0.4) is 0 Å². The van der Waals surface area contributed by atoms with Crippen LogP contribution in [0, 0.1) is 0 Å². The van der Waals surface area contributed by atoms with Crippen LogP contribution < -0.4 is 15.8 Å². The monoisotopic (exact) mass is 415 g/mol. The second-order valence-electron chi connectivity index (χ2n) is 5.88. The van der Waals surface area contributed by atoms with E-state index in [2.05, 4.69) is 10.3 Å². The molecule has 2 aromatic carbocycles. The molecule has 2 heterocycles. The second kappa shape index (κ2) is 7.49. The van der Waals surface area contributed by atoms with E-state index < -0.39 is 5.76 Å². The normalized spacial score (nSPS) is 10.9. The van der Waals surface area contributed by atoms with Crippen LogP contribution in [-0.4, -0.2) is 22.6 Å². The minimum Gasteiger partial charge on any atom is -0.497 e. The van der Waals surface area contributed by atoms with Gasteiger partial charge in [0.25, 0.3) is 0 Å². The molecule has 0 atom stereocenters. The molecule has 7 nitrogen and oxygen atoms in total. The number of nitrogens with zero attached hydrogens (tertiary/aromatic N) is 2. The number of hydrogen-bond acceptors (Lipinski definition) is 6. The fourth-order valence-electron chi connectivity index (χ4n) is 2.71. The minimum absolute atomic E-state index is 0.205. The topological polar surface area (TPSA) is 86.4 Å². The number of hydrogen-bond donors (Lipinski definition) is 1. The van der Waals surface area contributed by atoms with E-state index in [4.69, 9.17) is 20.8 Å². The third-order valence-electron chi connectivity index (χ3n) is 4.07. The van der Waals surface area contributed by atoms with Gasteiger partial charge in [-0.1, -0.05) is 11.6 Å². The van der Waals surface area contributed by atoms with E-state index in [0.29, 0.717) is 21.3 Å². The summed E-state index contributed by atoms with van der Waals surface area (Å²) in [6, 6.07) is 12.3. The predicted molar refractivity (Wildman–Crippen MR) is 108 cm³/mol. The fraction of sp³-hybridized carbons (Fsp3) is 0.105. The smallest absolute Gasteiger partial charge is 0.420 e. The van der Waals surface area contributed by atoms with Crippen LogP contribution >= 0.6 is 22.9 Å². The van der Waals surface area contributed by atoms with Crippen LogP contribution in [0.15, 0.2) is 57.1 Å². The lowest BCUT2D eigenvalue weighted by Crippen LogP contribution is -2.24. The number of thiazole rings is 1. The van der Waals surface area contributed by atoms with E-state index in [1.54, 1.807) is 25.3 Å². The lowest BCUT2D eigenvalue weighted by molar-refractivity contribution is -0.116. The first kappa shape index (κ1) is 18.3. The molecule has 0 saturated carbocycles. The predicted octanol–water partition coefficient (Wildman–Crippen LogP) is 4.02. The SMILES string of the molecule is COc1ccc(-c2csc(NC(=O)Cn3c(=O)oc4ccc(Cl)cc43)n2)cc1. The van der Waals surface area contributed by atoms with Crippen molar-refractivity contribution in [2.45, 2.75) is 6.54 Å². The molecule has 1 N–H and O–H groups in total. The molecule has 0 bridgehead atoms. The van der Waals surface area contributed by atoms with Gasteiger partial charge in [0, 0.05) is 16.0 Å². The zero-order chi connectivity index (χ0) is 19.7. The number of halogens is 1. The Bertz CT molecular complexity index is 1210. The van der Waals surface area contributed by atoms with Gasteiger partial charge in [-0.25, -0.2) is 9.78 Å². The number of amides is 1. The number of nitrogens with one attached hydrogen (secondary N) is 1. The maximum absolute atomic E-state index is 12.4. The van der Waals surface area contributed by atoms with Gasteiger partial charge in [-0.05, 0) is 42.5 Å². The van der Waals surface area contributed by atoms with Gasteiger partial charge in [0.2, 0.25) is 5.91 Å². The van der Waals surface area contributed by atoms with Gasteiger partial charge >= 0.3 is 5.76 Å². The zero-order valence-corrected chi connectivity index (χ0v) is 16.2. The molecule has 0 aliphatic carbocycles. The first-order valence-electron chi connectivity index (χ1n) is 8.22. The van der Waals surface area contributed by atoms with E-state index >= 15 is 0 Å². The molecule has 2 aromatic heterocycles. The van der Waals surface area contributed by atoms with E-state index in [-0.39, 0.29) is 12.5 Å². The Morgan fingerprint density at radius 1 is 1.29 bits per heavy atom. The van der Waals surface area contributed by atoms with Crippen LogP contribution in [0.1, 0.15) is 0 Å². The van der Waals surface area contributed by atoms with Crippen molar-refractivity contribution in [1.29, 1.82) is 0 Å². The summed E-state index contributed by atoms with van der Waals surface area (Å²) in [5, 5.41) is 5.44.